The lowest BCUT2D eigenvalue weighted by molar-refractivity contribution is -0.313. The first-order valence-corrected chi connectivity index (χ1v) is 6.96. The van der Waals surface area contributed by atoms with E-state index in [0.29, 0.717) is 5.69 Å². The Morgan fingerprint density at radius 2 is 1.90 bits per heavy atom. The predicted octanol–water partition coefficient (Wildman–Crippen LogP) is 0.707. The van der Waals surface area contributed by atoms with E-state index in [4.69, 9.17) is 4.74 Å². The first-order valence-electron chi connectivity index (χ1n) is 6.17. The fraction of sp³-hybridized carbons (Fsp3) is 0.286. The van der Waals surface area contributed by atoms with E-state index in [0.717, 1.165) is 4.47 Å². The topological polar surface area (TPSA) is 78.5 Å². The molecule has 0 spiro atoms. The smallest absolute Gasteiger partial charge is 0.231 e. The molecular formula is C14H11BrNO4-. The lowest BCUT2D eigenvalue weighted by Crippen LogP contribution is -2.45. The van der Waals surface area contributed by atoms with Gasteiger partial charge in [-0.3, -0.25) is 4.79 Å². The Morgan fingerprint density at radius 1 is 1.20 bits per heavy atom. The summed E-state index contributed by atoms with van der Waals surface area (Å²) in [4.78, 5) is 23.5. The Kier molecular flexibility index (Phi) is 3.35. The van der Waals surface area contributed by atoms with Gasteiger partial charge in [-0.2, -0.15) is 0 Å². The molecule has 0 unspecified atom stereocenters. The number of carboxylic acids is 1. The van der Waals surface area contributed by atoms with E-state index in [1.807, 2.05) is 6.07 Å². The third-order valence-electron chi connectivity index (χ3n) is 3.57. The van der Waals surface area contributed by atoms with Gasteiger partial charge in [0.1, 0.15) is 0 Å². The molecule has 5 nitrogen and oxygen atoms in total. The molecule has 0 radical (unpaired) electrons. The van der Waals surface area contributed by atoms with E-state index in [9.17, 15) is 14.7 Å². The Hall–Kier alpha value is -1.66. The summed E-state index contributed by atoms with van der Waals surface area (Å²) in [5, 5.41) is 13.9. The average molecular weight is 337 g/mol. The van der Waals surface area contributed by atoms with Crippen LogP contribution < -0.4 is 10.4 Å². The third-order valence-corrected chi connectivity index (χ3v) is 4.06. The number of amides is 1. The third kappa shape index (κ3) is 2.25. The standard InChI is InChI=1S/C14H12BrNO4/c15-7-2-1-3-8(6-7)16-13(17)11-9-4-5-10(20-9)12(11)14(18)19/h1-6,9-12H,(H,16,17)(H,18,19)/p-1/t9-,10+,11+,12+/m1/s1. The number of carbonyl (C=O) groups is 2. The molecule has 0 aliphatic carbocycles. The van der Waals surface area contributed by atoms with Crippen LogP contribution in [0.3, 0.4) is 0 Å². The van der Waals surface area contributed by atoms with Gasteiger partial charge in [0.05, 0.1) is 18.1 Å². The van der Waals surface area contributed by atoms with E-state index in [2.05, 4.69) is 21.2 Å². The van der Waals surface area contributed by atoms with Crippen LogP contribution in [0.1, 0.15) is 0 Å². The van der Waals surface area contributed by atoms with Crippen LogP contribution in [-0.4, -0.2) is 24.1 Å². The summed E-state index contributed by atoms with van der Waals surface area (Å²) in [6, 6.07) is 7.10. The highest BCUT2D eigenvalue weighted by Crippen LogP contribution is 2.39. The van der Waals surface area contributed by atoms with Crippen molar-refractivity contribution in [1.29, 1.82) is 0 Å². The van der Waals surface area contributed by atoms with Crippen LogP contribution in [-0.2, 0) is 14.3 Å². The van der Waals surface area contributed by atoms with Gasteiger partial charge < -0.3 is 20.0 Å². The molecule has 2 aliphatic heterocycles. The second kappa shape index (κ2) is 5.03. The molecule has 0 aromatic heterocycles. The molecular weight excluding hydrogens is 326 g/mol. The zero-order valence-electron chi connectivity index (χ0n) is 10.3. The molecule has 2 aliphatic rings. The average Bonchev–Trinajstić information content (AvgIpc) is 2.98. The SMILES string of the molecule is O=C([O-])[C@@H]1[C@@H](C(=O)Nc2cccc(Br)c2)[C@H]2C=C[C@@H]1O2. The lowest BCUT2D eigenvalue weighted by atomic mass is 9.82. The number of carboxylic acid groups (broad SMARTS) is 1. The number of ether oxygens (including phenoxy) is 1. The van der Waals surface area contributed by atoms with E-state index in [-0.39, 0.29) is 5.91 Å². The predicted molar refractivity (Wildman–Crippen MR) is 72.6 cm³/mol. The van der Waals surface area contributed by atoms with E-state index in [1.54, 1.807) is 30.4 Å². The highest BCUT2D eigenvalue weighted by Gasteiger charge is 2.50. The van der Waals surface area contributed by atoms with Gasteiger partial charge in [0, 0.05) is 22.0 Å². The number of rotatable bonds is 3. The summed E-state index contributed by atoms with van der Waals surface area (Å²) in [6.07, 6.45) is 2.35. The first kappa shape index (κ1) is 13.3. The van der Waals surface area contributed by atoms with Crippen LogP contribution in [0.25, 0.3) is 0 Å². The van der Waals surface area contributed by atoms with Crippen LogP contribution in [0.5, 0.6) is 0 Å². The number of hydrogen-bond acceptors (Lipinski definition) is 4. The van der Waals surface area contributed by atoms with Crippen LogP contribution in [0.15, 0.2) is 40.9 Å². The second-order valence-corrected chi connectivity index (χ2v) is 5.74. The molecule has 2 bridgehead atoms. The van der Waals surface area contributed by atoms with Crippen LogP contribution in [0, 0.1) is 11.8 Å². The zero-order valence-corrected chi connectivity index (χ0v) is 11.9. The monoisotopic (exact) mass is 336 g/mol. The molecule has 1 fully saturated rings. The van der Waals surface area contributed by atoms with Crippen molar-refractivity contribution in [2.75, 3.05) is 5.32 Å². The molecule has 104 valence electrons. The molecule has 1 saturated heterocycles. The molecule has 0 saturated carbocycles. The zero-order chi connectivity index (χ0) is 14.3. The summed E-state index contributed by atoms with van der Waals surface area (Å²) >= 11 is 3.31. The number of carbonyl (C=O) groups excluding carboxylic acids is 2. The highest BCUT2D eigenvalue weighted by molar-refractivity contribution is 9.10. The molecule has 1 aromatic rings. The molecule has 20 heavy (non-hydrogen) atoms. The summed E-state index contributed by atoms with van der Waals surface area (Å²) in [7, 11) is 0. The van der Waals surface area contributed by atoms with Gasteiger partial charge in [-0.05, 0) is 18.2 Å². The molecule has 6 heteroatoms. The van der Waals surface area contributed by atoms with Crippen LogP contribution in [0.2, 0.25) is 0 Å². The van der Waals surface area contributed by atoms with Crippen molar-refractivity contribution in [2.45, 2.75) is 12.2 Å². The fourth-order valence-corrected chi connectivity index (χ4v) is 3.09. The quantitative estimate of drug-likeness (QED) is 0.824. The van der Waals surface area contributed by atoms with Crippen molar-refractivity contribution in [3.05, 3.63) is 40.9 Å². The van der Waals surface area contributed by atoms with Crippen molar-refractivity contribution in [3.8, 4) is 0 Å². The normalized spacial score (nSPS) is 30.4. The number of halogens is 1. The summed E-state index contributed by atoms with van der Waals surface area (Å²) in [5.74, 6) is -3.31. The molecule has 1 aromatic carbocycles. The summed E-state index contributed by atoms with van der Waals surface area (Å²) in [6.45, 7) is 0. The van der Waals surface area contributed by atoms with Gasteiger partial charge in [0.25, 0.3) is 0 Å². The number of hydrogen-bond donors (Lipinski definition) is 1. The number of aliphatic carboxylic acids is 1. The van der Waals surface area contributed by atoms with E-state index < -0.39 is 30.0 Å². The van der Waals surface area contributed by atoms with E-state index in [1.165, 1.54) is 0 Å². The second-order valence-electron chi connectivity index (χ2n) is 4.82. The van der Waals surface area contributed by atoms with Crippen LogP contribution in [0.4, 0.5) is 5.69 Å². The molecule has 4 atom stereocenters. The number of anilines is 1. The van der Waals surface area contributed by atoms with Gasteiger partial charge in [-0.15, -0.1) is 0 Å². The van der Waals surface area contributed by atoms with Crippen LogP contribution >= 0.6 is 15.9 Å². The summed E-state index contributed by atoms with van der Waals surface area (Å²) in [5.41, 5.74) is 0.605. The van der Waals surface area contributed by atoms with Crippen molar-refractivity contribution >= 4 is 33.5 Å². The van der Waals surface area contributed by atoms with Gasteiger partial charge in [0.2, 0.25) is 5.91 Å². The minimum atomic E-state index is -1.25. The Labute approximate surface area is 123 Å². The maximum atomic E-state index is 12.3. The van der Waals surface area contributed by atoms with Crippen molar-refractivity contribution in [2.24, 2.45) is 11.8 Å². The van der Waals surface area contributed by atoms with Crippen molar-refractivity contribution < 1.29 is 19.4 Å². The Bertz CT molecular complexity index is 601. The molecule has 2 heterocycles. The maximum Gasteiger partial charge on any atom is 0.231 e. The number of benzene rings is 1. The van der Waals surface area contributed by atoms with Crippen molar-refractivity contribution in [1.82, 2.24) is 0 Å². The maximum absolute atomic E-state index is 12.3. The Balaban J connectivity index is 1.80. The highest BCUT2D eigenvalue weighted by atomic mass is 79.9. The van der Waals surface area contributed by atoms with Gasteiger partial charge in [-0.25, -0.2) is 0 Å². The number of fused-ring (bicyclic) bond motifs is 2. The molecule has 1 amide bonds. The molecule has 3 rings (SSSR count). The van der Waals surface area contributed by atoms with Crippen molar-refractivity contribution in [3.63, 3.8) is 0 Å². The number of nitrogens with one attached hydrogen (secondary N) is 1. The first-order chi connectivity index (χ1) is 9.56. The minimum Gasteiger partial charge on any atom is -0.550 e. The minimum absolute atomic E-state index is 0.367. The largest absolute Gasteiger partial charge is 0.550 e. The van der Waals surface area contributed by atoms with E-state index >= 15 is 0 Å². The Morgan fingerprint density at radius 3 is 2.55 bits per heavy atom. The fourth-order valence-electron chi connectivity index (χ4n) is 2.69. The molecule has 1 N–H and O–H groups in total. The van der Waals surface area contributed by atoms with Gasteiger partial charge >= 0.3 is 0 Å². The summed E-state index contributed by atoms with van der Waals surface area (Å²) < 4.78 is 6.27. The van der Waals surface area contributed by atoms with Gasteiger partial charge in [-0.1, -0.05) is 34.1 Å². The van der Waals surface area contributed by atoms with Gasteiger partial charge in [0.15, 0.2) is 0 Å². The lowest BCUT2D eigenvalue weighted by Gasteiger charge is -2.24.